The lowest BCUT2D eigenvalue weighted by molar-refractivity contribution is 0.185. The summed E-state index contributed by atoms with van der Waals surface area (Å²) in [5.41, 5.74) is 8.40. The zero-order valence-electron chi connectivity index (χ0n) is 15.7. The first kappa shape index (κ1) is 17.7. The fourth-order valence-corrected chi connectivity index (χ4v) is 4.02. The van der Waals surface area contributed by atoms with Crippen molar-refractivity contribution >= 4 is 27.5 Å². The second-order valence-electron chi connectivity index (χ2n) is 7.04. The summed E-state index contributed by atoms with van der Waals surface area (Å²) in [6.07, 6.45) is 4.11. The van der Waals surface area contributed by atoms with Gasteiger partial charge in [0.15, 0.2) is 0 Å². The van der Waals surface area contributed by atoms with Crippen LogP contribution in [0.1, 0.15) is 12.5 Å². The number of halogens is 1. The monoisotopic (exact) mass is 394 g/mol. The first-order valence-electron chi connectivity index (χ1n) is 9.28. The molecule has 0 aliphatic carbocycles. The van der Waals surface area contributed by atoms with Crippen molar-refractivity contribution in [3.8, 4) is 22.9 Å². The van der Waals surface area contributed by atoms with Crippen molar-refractivity contribution in [2.75, 3.05) is 26.1 Å². The van der Waals surface area contributed by atoms with Gasteiger partial charge in [0.1, 0.15) is 5.82 Å². The van der Waals surface area contributed by atoms with Crippen molar-refractivity contribution in [3.05, 3.63) is 42.5 Å². The standard InChI is InChI=1S/C21H19FN4O3/c1-28-20-12(3-2-7-24-20)16-14(22)5-4-13-18(23)17-15(25-19(13)16)9-26(21(17)27)11-6-8-29-10-11/h2-5,7,9,11,27H,6,8,10,23H2,1H3/t11-/m0/s1. The predicted octanol–water partition coefficient (Wildman–Crippen LogP) is 3.65. The van der Waals surface area contributed by atoms with E-state index in [1.165, 1.54) is 13.2 Å². The minimum Gasteiger partial charge on any atom is -0.494 e. The summed E-state index contributed by atoms with van der Waals surface area (Å²) in [6, 6.07) is 6.37. The number of anilines is 1. The predicted molar refractivity (Wildman–Crippen MR) is 108 cm³/mol. The number of methoxy groups -OCH3 is 1. The van der Waals surface area contributed by atoms with Crippen molar-refractivity contribution in [2.24, 2.45) is 0 Å². The number of nitrogens with two attached hydrogens (primary N) is 1. The van der Waals surface area contributed by atoms with Gasteiger partial charge in [0.25, 0.3) is 0 Å². The van der Waals surface area contributed by atoms with E-state index in [4.69, 9.17) is 15.2 Å². The van der Waals surface area contributed by atoms with E-state index < -0.39 is 5.82 Å². The molecule has 0 amide bonds. The first-order valence-corrected chi connectivity index (χ1v) is 9.28. The lowest BCUT2D eigenvalue weighted by Gasteiger charge is -2.12. The number of rotatable bonds is 3. The van der Waals surface area contributed by atoms with E-state index in [2.05, 4.69) is 9.97 Å². The van der Waals surface area contributed by atoms with E-state index in [-0.39, 0.29) is 17.5 Å². The van der Waals surface area contributed by atoms with Crippen molar-refractivity contribution in [1.29, 1.82) is 0 Å². The van der Waals surface area contributed by atoms with Gasteiger partial charge in [-0.2, -0.15) is 0 Å². The number of fused-ring (bicyclic) bond motifs is 2. The van der Waals surface area contributed by atoms with Crippen LogP contribution in [0.15, 0.2) is 36.7 Å². The van der Waals surface area contributed by atoms with Crippen LogP contribution in [-0.2, 0) is 4.74 Å². The highest BCUT2D eigenvalue weighted by Gasteiger charge is 2.25. The summed E-state index contributed by atoms with van der Waals surface area (Å²) in [5, 5.41) is 11.8. The Hall–Kier alpha value is -3.39. The topological polar surface area (TPSA) is 95.4 Å². The summed E-state index contributed by atoms with van der Waals surface area (Å²) >= 11 is 0. The first-order chi connectivity index (χ1) is 14.1. The molecule has 0 unspecified atom stereocenters. The van der Waals surface area contributed by atoms with Crippen molar-refractivity contribution < 1.29 is 19.0 Å². The van der Waals surface area contributed by atoms with Gasteiger partial charge >= 0.3 is 0 Å². The van der Waals surface area contributed by atoms with Gasteiger partial charge in [0.05, 0.1) is 41.9 Å². The zero-order chi connectivity index (χ0) is 20.1. The molecule has 1 aliphatic rings. The maximum absolute atomic E-state index is 14.9. The largest absolute Gasteiger partial charge is 0.494 e. The minimum atomic E-state index is -0.456. The quantitative estimate of drug-likeness (QED) is 0.551. The van der Waals surface area contributed by atoms with E-state index in [1.807, 2.05) is 0 Å². The number of aromatic nitrogens is 3. The molecule has 1 saturated heterocycles. The van der Waals surface area contributed by atoms with Gasteiger partial charge in [0.2, 0.25) is 11.8 Å². The minimum absolute atomic E-state index is 0.0151. The second kappa shape index (κ2) is 6.59. The molecule has 4 heterocycles. The average molecular weight is 394 g/mol. The van der Waals surface area contributed by atoms with Crippen LogP contribution in [0.4, 0.5) is 10.1 Å². The SMILES string of the molecule is COc1ncccc1-c1c(F)ccc2c(N)c3c(O)n([C@H]4CCOC4)cc3nc12. The van der Waals surface area contributed by atoms with Gasteiger partial charge in [-0.25, -0.2) is 14.4 Å². The number of pyridine rings is 2. The summed E-state index contributed by atoms with van der Waals surface area (Å²) in [6.45, 7) is 1.15. The number of hydrogen-bond donors (Lipinski definition) is 2. The van der Waals surface area contributed by atoms with Gasteiger partial charge in [0, 0.05) is 35.5 Å². The lowest BCUT2D eigenvalue weighted by Crippen LogP contribution is -2.06. The molecule has 3 N–H and O–H groups in total. The van der Waals surface area contributed by atoms with E-state index in [0.717, 1.165) is 6.42 Å². The molecule has 1 atom stereocenters. The number of aromatic hydroxyl groups is 1. The highest BCUT2D eigenvalue weighted by molar-refractivity contribution is 6.12. The number of nitrogen functional groups attached to an aromatic ring is 1. The van der Waals surface area contributed by atoms with Crippen LogP contribution in [-0.4, -0.2) is 40.0 Å². The van der Waals surface area contributed by atoms with E-state index in [1.54, 1.807) is 35.2 Å². The Bertz CT molecular complexity index is 1250. The van der Waals surface area contributed by atoms with Gasteiger partial charge in [-0.1, -0.05) is 0 Å². The number of hydrogen-bond acceptors (Lipinski definition) is 6. The Morgan fingerprint density at radius 1 is 1.34 bits per heavy atom. The molecule has 0 bridgehead atoms. The molecule has 29 heavy (non-hydrogen) atoms. The highest BCUT2D eigenvalue weighted by atomic mass is 19.1. The van der Waals surface area contributed by atoms with E-state index in [9.17, 15) is 9.50 Å². The third kappa shape index (κ3) is 2.60. The van der Waals surface area contributed by atoms with Crippen LogP contribution in [0.5, 0.6) is 11.8 Å². The highest BCUT2D eigenvalue weighted by Crippen LogP contribution is 2.42. The van der Waals surface area contributed by atoms with Crippen molar-refractivity contribution in [3.63, 3.8) is 0 Å². The number of nitrogens with zero attached hydrogens (tertiary/aromatic N) is 3. The third-order valence-corrected chi connectivity index (χ3v) is 5.44. The zero-order valence-corrected chi connectivity index (χ0v) is 15.7. The Morgan fingerprint density at radius 2 is 2.21 bits per heavy atom. The van der Waals surface area contributed by atoms with Crippen molar-refractivity contribution in [1.82, 2.24) is 14.5 Å². The molecule has 0 radical (unpaired) electrons. The molecular formula is C21H19FN4O3. The molecule has 1 aliphatic heterocycles. The van der Waals surface area contributed by atoms with Gasteiger partial charge in [-0.3, -0.25) is 0 Å². The van der Waals surface area contributed by atoms with Gasteiger partial charge in [-0.15, -0.1) is 0 Å². The smallest absolute Gasteiger partial charge is 0.221 e. The van der Waals surface area contributed by atoms with Crippen LogP contribution in [0, 0.1) is 5.82 Å². The Morgan fingerprint density at radius 3 is 2.97 bits per heavy atom. The average Bonchev–Trinajstić information content (AvgIpc) is 3.36. The van der Waals surface area contributed by atoms with Crippen LogP contribution in [0.3, 0.4) is 0 Å². The third-order valence-electron chi connectivity index (χ3n) is 5.44. The normalized spacial score (nSPS) is 16.7. The Labute approximate surface area is 165 Å². The maximum Gasteiger partial charge on any atom is 0.221 e. The Kier molecular flexibility index (Phi) is 4.02. The summed E-state index contributed by atoms with van der Waals surface area (Å²) in [5.74, 6) is -0.113. The molecule has 4 aromatic rings. The van der Waals surface area contributed by atoms with E-state index in [0.29, 0.717) is 52.2 Å². The van der Waals surface area contributed by atoms with Crippen LogP contribution < -0.4 is 10.5 Å². The van der Waals surface area contributed by atoms with Crippen molar-refractivity contribution in [2.45, 2.75) is 12.5 Å². The van der Waals surface area contributed by atoms with Crippen LogP contribution in [0.2, 0.25) is 0 Å². The molecule has 148 valence electrons. The molecular weight excluding hydrogens is 375 g/mol. The fraction of sp³-hybridized carbons (Fsp3) is 0.238. The molecule has 3 aromatic heterocycles. The molecule has 5 rings (SSSR count). The number of benzene rings is 1. The fourth-order valence-electron chi connectivity index (χ4n) is 4.02. The molecule has 1 aromatic carbocycles. The molecule has 0 spiro atoms. The molecule has 8 heteroatoms. The van der Waals surface area contributed by atoms with Crippen LogP contribution in [0.25, 0.3) is 32.9 Å². The Balaban J connectivity index is 1.84. The van der Waals surface area contributed by atoms with E-state index >= 15 is 0 Å². The maximum atomic E-state index is 14.9. The number of ether oxygens (including phenoxy) is 2. The molecule has 7 nitrogen and oxygen atoms in total. The summed E-state index contributed by atoms with van der Waals surface area (Å²) in [7, 11) is 1.48. The summed E-state index contributed by atoms with van der Waals surface area (Å²) in [4.78, 5) is 8.85. The van der Waals surface area contributed by atoms with Gasteiger partial charge < -0.3 is 24.9 Å². The lowest BCUT2D eigenvalue weighted by atomic mass is 10.0. The summed E-state index contributed by atoms with van der Waals surface area (Å²) < 4.78 is 27.4. The van der Waals surface area contributed by atoms with Crippen LogP contribution >= 0.6 is 0 Å². The molecule has 1 fully saturated rings. The molecule has 0 saturated carbocycles. The second-order valence-corrected chi connectivity index (χ2v) is 7.04. The van der Waals surface area contributed by atoms with Gasteiger partial charge in [-0.05, 0) is 30.7 Å².